The van der Waals surface area contributed by atoms with Crippen molar-refractivity contribution in [3.8, 4) is 0 Å². The number of nitrogens with zero attached hydrogens (tertiary/aromatic N) is 1. The van der Waals surface area contributed by atoms with Crippen LogP contribution in [-0.4, -0.2) is 38.5 Å². The van der Waals surface area contributed by atoms with Gasteiger partial charge in [-0.25, -0.2) is 9.36 Å². The lowest BCUT2D eigenvalue weighted by atomic mass is 10.2. The zero-order valence-corrected chi connectivity index (χ0v) is 11.4. The first kappa shape index (κ1) is 14.4. The second kappa shape index (κ2) is 5.05. The normalized spacial score (nSPS) is 35.4. The van der Waals surface area contributed by atoms with Gasteiger partial charge < -0.3 is 9.63 Å². The molecular formula is C9H12N3O8P. The lowest BCUT2D eigenvalue weighted by Crippen LogP contribution is -2.34. The largest absolute Gasteiger partial charge is 0.472 e. The molecule has 0 bridgehead atoms. The molecule has 1 aromatic rings. The Balaban J connectivity index is 1.92. The second-order valence-corrected chi connectivity index (χ2v) is 5.98. The Hall–Kier alpha value is -1.49. The minimum absolute atomic E-state index is 0.0825. The number of aromatic amines is 1. The number of hydrogen-bond acceptors (Lipinski definition) is 8. The van der Waals surface area contributed by atoms with E-state index in [1.165, 1.54) is 0 Å². The Labute approximate surface area is 116 Å². The fourth-order valence-corrected chi connectivity index (χ4v) is 3.33. The number of H-pyrrole nitrogens is 1. The Morgan fingerprint density at radius 1 is 1.43 bits per heavy atom. The summed E-state index contributed by atoms with van der Waals surface area (Å²) in [4.78, 5) is 34.3. The van der Waals surface area contributed by atoms with Crippen LogP contribution in [0.4, 0.5) is 5.82 Å². The maximum atomic E-state index is 11.8. The van der Waals surface area contributed by atoms with E-state index in [2.05, 4.69) is 4.52 Å². The Morgan fingerprint density at radius 2 is 2.19 bits per heavy atom. The molecule has 2 saturated heterocycles. The fourth-order valence-electron chi connectivity index (χ4n) is 2.37. The number of aromatic nitrogens is 2. The molecule has 3 heterocycles. The standard InChI is InChI=1S/C9H12N3O8P/c13-7-2-6(11-15)12(9(14)10-7)8-1-4-5(19-8)3-18-21(16,17)20-4/h2,4-5,8,11,15H,1,3H2,(H,16,17)(H,10,13,14)/t4-,5+,8+/m0/s1. The predicted octanol–water partition coefficient (Wildman–Crippen LogP) is -0.859. The van der Waals surface area contributed by atoms with Gasteiger partial charge >= 0.3 is 13.5 Å². The molecule has 4 atom stereocenters. The SMILES string of the molecule is O=c1cc(NO)n([C@H]2C[C@@H]3OP(=O)(O)OC[C@H]3O2)c(=O)[nH]1. The van der Waals surface area contributed by atoms with E-state index in [4.69, 9.17) is 14.5 Å². The van der Waals surface area contributed by atoms with Gasteiger partial charge in [0.05, 0.1) is 6.61 Å². The Morgan fingerprint density at radius 3 is 2.90 bits per heavy atom. The molecule has 1 aromatic heterocycles. The number of anilines is 1. The van der Waals surface area contributed by atoms with Crippen molar-refractivity contribution in [2.75, 3.05) is 12.1 Å². The lowest BCUT2D eigenvalue weighted by molar-refractivity contribution is -0.0676. The molecule has 0 radical (unpaired) electrons. The van der Waals surface area contributed by atoms with Crippen LogP contribution in [0.2, 0.25) is 0 Å². The van der Waals surface area contributed by atoms with Crippen LogP contribution in [0.15, 0.2) is 15.7 Å². The van der Waals surface area contributed by atoms with Gasteiger partial charge in [0.15, 0.2) is 0 Å². The zero-order chi connectivity index (χ0) is 15.2. The maximum absolute atomic E-state index is 11.8. The van der Waals surface area contributed by atoms with E-state index in [1.54, 1.807) is 5.48 Å². The smallest absolute Gasteiger partial charge is 0.349 e. The number of nitrogens with one attached hydrogen (secondary N) is 2. The number of phosphoric acid groups is 1. The molecule has 21 heavy (non-hydrogen) atoms. The van der Waals surface area contributed by atoms with Crippen LogP contribution in [0, 0.1) is 0 Å². The van der Waals surface area contributed by atoms with Gasteiger partial charge in [-0.05, 0) is 0 Å². The lowest BCUT2D eigenvalue weighted by Gasteiger charge is -2.26. The zero-order valence-electron chi connectivity index (χ0n) is 10.5. The highest BCUT2D eigenvalue weighted by molar-refractivity contribution is 7.47. The van der Waals surface area contributed by atoms with Crippen molar-refractivity contribution in [1.29, 1.82) is 0 Å². The fraction of sp³-hybridized carbons (Fsp3) is 0.556. The molecular weight excluding hydrogens is 309 g/mol. The number of ether oxygens (including phenoxy) is 1. The van der Waals surface area contributed by atoms with E-state index in [9.17, 15) is 19.0 Å². The quantitative estimate of drug-likeness (QED) is 0.402. The molecule has 116 valence electrons. The molecule has 0 saturated carbocycles. The van der Waals surface area contributed by atoms with Crippen LogP contribution >= 0.6 is 7.82 Å². The van der Waals surface area contributed by atoms with Crippen molar-refractivity contribution in [2.24, 2.45) is 0 Å². The highest BCUT2D eigenvalue weighted by atomic mass is 31.2. The van der Waals surface area contributed by atoms with E-state index in [0.717, 1.165) is 10.6 Å². The first-order chi connectivity index (χ1) is 9.89. The molecule has 0 aliphatic carbocycles. The van der Waals surface area contributed by atoms with Crippen LogP contribution in [0.1, 0.15) is 12.6 Å². The van der Waals surface area contributed by atoms with Gasteiger partial charge in [0.2, 0.25) is 0 Å². The third-order valence-corrected chi connectivity index (χ3v) is 4.24. The molecule has 2 aliphatic heterocycles. The van der Waals surface area contributed by atoms with Gasteiger partial charge in [-0.1, -0.05) is 0 Å². The van der Waals surface area contributed by atoms with Gasteiger partial charge in [-0.3, -0.25) is 34.1 Å². The molecule has 12 heteroatoms. The van der Waals surface area contributed by atoms with Crippen molar-refractivity contribution in [3.63, 3.8) is 0 Å². The average Bonchev–Trinajstić information content (AvgIpc) is 2.78. The minimum Gasteiger partial charge on any atom is -0.349 e. The molecule has 2 aliphatic rings. The summed E-state index contributed by atoms with van der Waals surface area (Å²) in [7, 11) is -4.10. The van der Waals surface area contributed by atoms with Crippen LogP contribution < -0.4 is 16.7 Å². The summed E-state index contributed by atoms with van der Waals surface area (Å²) < 4.78 is 27.3. The number of hydrogen-bond donors (Lipinski definition) is 4. The van der Waals surface area contributed by atoms with Crippen molar-refractivity contribution in [1.82, 2.24) is 9.55 Å². The van der Waals surface area contributed by atoms with Crippen LogP contribution in [0.25, 0.3) is 0 Å². The van der Waals surface area contributed by atoms with Crippen molar-refractivity contribution >= 4 is 13.6 Å². The number of phosphoric ester groups is 1. The van der Waals surface area contributed by atoms with Crippen LogP contribution in [-0.2, 0) is 18.3 Å². The summed E-state index contributed by atoms with van der Waals surface area (Å²) in [5, 5.41) is 9.01. The molecule has 0 aromatic carbocycles. The highest BCUT2D eigenvalue weighted by Gasteiger charge is 2.46. The van der Waals surface area contributed by atoms with Gasteiger partial charge in [-0.15, -0.1) is 0 Å². The number of rotatable bonds is 2. The average molecular weight is 321 g/mol. The summed E-state index contributed by atoms with van der Waals surface area (Å²) in [5.74, 6) is -0.166. The topological polar surface area (TPSA) is 152 Å². The Bertz CT molecular complexity index is 714. The van der Waals surface area contributed by atoms with Gasteiger partial charge in [0.25, 0.3) is 5.56 Å². The molecule has 11 nitrogen and oxygen atoms in total. The van der Waals surface area contributed by atoms with E-state index >= 15 is 0 Å². The maximum Gasteiger partial charge on any atom is 0.472 e. The summed E-state index contributed by atoms with van der Waals surface area (Å²) in [6.07, 6.45) is -2.17. The second-order valence-electron chi connectivity index (χ2n) is 4.58. The molecule has 1 unspecified atom stereocenters. The summed E-state index contributed by atoms with van der Waals surface area (Å²) in [6.45, 7) is -0.158. The molecule has 0 amide bonds. The first-order valence-electron chi connectivity index (χ1n) is 5.97. The predicted molar refractivity (Wildman–Crippen MR) is 65.9 cm³/mol. The van der Waals surface area contributed by atoms with E-state index in [0.29, 0.717) is 0 Å². The molecule has 4 N–H and O–H groups in total. The van der Waals surface area contributed by atoms with Gasteiger partial charge in [0.1, 0.15) is 24.3 Å². The van der Waals surface area contributed by atoms with Crippen LogP contribution in [0.3, 0.4) is 0 Å². The third kappa shape index (κ3) is 2.67. The molecule has 3 rings (SSSR count). The number of fused-ring (bicyclic) bond motifs is 1. The van der Waals surface area contributed by atoms with Gasteiger partial charge in [0, 0.05) is 12.5 Å². The Kier molecular flexibility index (Phi) is 3.48. The highest BCUT2D eigenvalue weighted by Crippen LogP contribution is 2.52. The van der Waals surface area contributed by atoms with Crippen LogP contribution in [0.5, 0.6) is 0 Å². The van der Waals surface area contributed by atoms with Crippen molar-refractivity contribution < 1.29 is 28.5 Å². The van der Waals surface area contributed by atoms with E-state index in [1.807, 2.05) is 4.98 Å². The van der Waals surface area contributed by atoms with Crippen molar-refractivity contribution in [3.05, 3.63) is 26.9 Å². The minimum atomic E-state index is -4.10. The van der Waals surface area contributed by atoms with Crippen molar-refractivity contribution in [2.45, 2.75) is 24.9 Å². The third-order valence-electron chi connectivity index (χ3n) is 3.23. The summed E-state index contributed by atoms with van der Waals surface area (Å²) in [6, 6.07) is 0.973. The summed E-state index contributed by atoms with van der Waals surface area (Å²) >= 11 is 0. The first-order valence-corrected chi connectivity index (χ1v) is 7.46. The van der Waals surface area contributed by atoms with E-state index < -0.39 is 37.5 Å². The molecule has 0 spiro atoms. The monoisotopic (exact) mass is 321 g/mol. The summed E-state index contributed by atoms with van der Waals surface area (Å²) in [5.41, 5.74) is 0.251. The van der Waals surface area contributed by atoms with Gasteiger partial charge in [-0.2, -0.15) is 0 Å². The molecule has 2 fully saturated rings. The van der Waals surface area contributed by atoms with E-state index in [-0.39, 0.29) is 18.8 Å².